The maximum atomic E-state index is 13.2. The minimum atomic E-state index is -0.546. The predicted molar refractivity (Wildman–Crippen MR) is 134 cm³/mol. The maximum absolute atomic E-state index is 13.2. The minimum absolute atomic E-state index is 0.0238. The summed E-state index contributed by atoms with van der Waals surface area (Å²) in [5.41, 5.74) is 2.22. The van der Waals surface area contributed by atoms with Gasteiger partial charge in [-0.3, -0.25) is 19.8 Å². The summed E-state index contributed by atoms with van der Waals surface area (Å²) in [7, 11) is 1.56. The molecule has 0 radical (unpaired) electrons. The van der Waals surface area contributed by atoms with E-state index in [0.29, 0.717) is 33.8 Å². The van der Waals surface area contributed by atoms with E-state index in [1.165, 1.54) is 11.0 Å². The number of carbonyl (C=O) groups is 2. The molecule has 8 heteroatoms. The predicted octanol–water partition coefficient (Wildman–Crippen LogP) is 4.87. The third kappa shape index (κ3) is 5.13. The number of rotatable bonds is 6. The second-order valence-electron chi connectivity index (χ2n) is 7.12. The van der Waals surface area contributed by atoms with E-state index in [1.54, 1.807) is 49.6 Å². The lowest BCUT2D eigenvalue weighted by molar-refractivity contribution is -0.122. The Morgan fingerprint density at radius 1 is 1.03 bits per heavy atom. The van der Waals surface area contributed by atoms with Crippen molar-refractivity contribution in [2.75, 3.05) is 12.0 Å². The van der Waals surface area contributed by atoms with Crippen LogP contribution in [-0.2, 0) is 16.2 Å². The van der Waals surface area contributed by atoms with Crippen LogP contribution < -0.4 is 19.7 Å². The lowest BCUT2D eigenvalue weighted by Gasteiger charge is -2.29. The molecular weight excluding hydrogens is 504 g/mol. The molecule has 1 fully saturated rings. The molecule has 2 amide bonds. The van der Waals surface area contributed by atoms with E-state index in [1.807, 2.05) is 30.3 Å². The van der Waals surface area contributed by atoms with Crippen LogP contribution in [-0.4, -0.2) is 24.0 Å². The molecular formula is C25H19BrN2O4S. The van der Waals surface area contributed by atoms with Gasteiger partial charge in [-0.1, -0.05) is 36.4 Å². The molecule has 0 unspecified atom stereocenters. The summed E-state index contributed by atoms with van der Waals surface area (Å²) in [6.07, 6.45) is 1.53. The van der Waals surface area contributed by atoms with Crippen LogP contribution in [0.4, 0.5) is 5.69 Å². The van der Waals surface area contributed by atoms with Gasteiger partial charge in [-0.15, -0.1) is 0 Å². The van der Waals surface area contributed by atoms with Crippen molar-refractivity contribution in [2.45, 2.75) is 6.61 Å². The number of amides is 2. The van der Waals surface area contributed by atoms with E-state index in [0.717, 1.165) is 5.56 Å². The van der Waals surface area contributed by atoms with Crippen molar-refractivity contribution in [3.8, 4) is 11.5 Å². The minimum Gasteiger partial charge on any atom is -0.497 e. The van der Waals surface area contributed by atoms with Gasteiger partial charge in [0.2, 0.25) is 0 Å². The second kappa shape index (κ2) is 9.97. The third-order valence-electron chi connectivity index (χ3n) is 4.94. The molecule has 166 valence electrons. The number of hydrogen-bond donors (Lipinski definition) is 1. The summed E-state index contributed by atoms with van der Waals surface area (Å²) in [4.78, 5) is 27.0. The van der Waals surface area contributed by atoms with E-state index >= 15 is 0 Å². The Balaban J connectivity index is 1.56. The Labute approximate surface area is 204 Å². The van der Waals surface area contributed by atoms with E-state index in [-0.39, 0.29) is 10.7 Å². The molecule has 0 spiro atoms. The molecule has 0 atom stereocenters. The molecule has 3 aromatic rings. The molecule has 0 saturated carbocycles. The zero-order valence-electron chi connectivity index (χ0n) is 17.6. The molecule has 0 bridgehead atoms. The van der Waals surface area contributed by atoms with Gasteiger partial charge in [0.05, 0.1) is 17.3 Å². The SMILES string of the molecule is COc1ccc(N2C(=O)/C(=C\c3ccc(OCc4ccccc4)c(Br)c3)C(=O)NC2=S)cc1. The Bertz CT molecular complexity index is 1240. The van der Waals surface area contributed by atoms with Crippen molar-refractivity contribution in [3.05, 3.63) is 94.0 Å². The first-order valence-corrected chi connectivity index (χ1v) is 11.2. The monoisotopic (exact) mass is 522 g/mol. The molecule has 3 aromatic carbocycles. The molecule has 1 N–H and O–H groups in total. The second-order valence-corrected chi connectivity index (χ2v) is 8.36. The molecule has 0 aromatic heterocycles. The molecule has 0 aliphatic carbocycles. The number of benzene rings is 3. The number of anilines is 1. The van der Waals surface area contributed by atoms with Crippen molar-refractivity contribution >= 4 is 56.8 Å². The van der Waals surface area contributed by atoms with Gasteiger partial charge in [-0.2, -0.15) is 0 Å². The Kier molecular flexibility index (Phi) is 6.86. The Morgan fingerprint density at radius 3 is 2.42 bits per heavy atom. The average Bonchev–Trinajstić information content (AvgIpc) is 2.82. The lowest BCUT2D eigenvalue weighted by Crippen LogP contribution is -2.54. The summed E-state index contributed by atoms with van der Waals surface area (Å²) in [5, 5.41) is 2.61. The van der Waals surface area contributed by atoms with Gasteiger partial charge in [-0.05, 0) is 81.7 Å². The van der Waals surface area contributed by atoms with E-state index in [4.69, 9.17) is 21.7 Å². The number of methoxy groups -OCH3 is 1. The first kappa shape index (κ1) is 22.7. The highest BCUT2D eigenvalue weighted by Crippen LogP contribution is 2.29. The number of hydrogen-bond acceptors (Lipinski definition) is 5. The van der Waals surface area contributed by atoms with Gasteiger partial charge in [0.15, 0.2) is 5.11 Å². The first-order chi connectivity index (χ1) is 16.0. The fourth-order valence-electron chi connectivity index (χ4n) is 3.25. The smallest absolute Gasteiger partial charge is 0.270 e. The molecule has 33 heavy (non-hydrogen) atoms. The van der Waals surface area contributed by atoms with Crippen LogP contribution in [0.25, 0.3) is 6.08 Å². The quantitative estimate of drug-likeness (QED) is 0.284. The van der Waals surface area contributed by atoms with Crippen molar-refractivity contribution in [1.29, 1.82) is 0 Å². The van der Waals surface area contributed by atoms with Gasteiger partial charge in [0.1, 0.15) is 23.7 Å². The van der Waals surface area contributed by atoms with Crippen LogP contribution in [0.3, 0.4) is 0 Å². The van der Waals surface area contributed by atoms with Gasteiger partial charge in [-0.25, -0.2) is 0 Å². The summed E-state index contributed by atoms with van der Waals surface area (Å²) in [6, 6.07) is 22.0. The number of nitrogens with zero attached hydrogens (tertiary/aromatic N) is 1. The van der Waals surface area contributed by atoms with E-state index in [2.05, 4.69) is 21.2 Å². The number of carbonyl (C=O) groups excluding carboxylic acids is 2. The van der Waals surface area contributed by atoms with Crippen LogP contribution in [0, 0.1) is 0 Å². The fraction of sp³-hybridized carbons (Fsp3) is 0.0800. The highest BCUT2D eigenvalue weighted by Gasteiger charge is 2.34. The van der Waals surface area contributed by atoms with Gasteiger partial charge < -0.3 is 9.47 Å². The molecule has 6 nitrogen and oxygen atoms in total. The van der Waals surface area contributed by atoms with Crippen LogP contribution >= 0.6 is 28.1 Å². The molecule has 1 saturated heterocycles. The maximum Gasteiger partial charge on any atom is 0.270 e. The number of halogens is 1. The number of thiocarbonyl (C=S) groups is 1. The fourth-order valence-corrected chi connectivity index (χ4v) is 4.04. The standard InChI is InChI=1S/C25H19BrN2O4S/c1-31-19-10-8-18(9-11-19)28-24(30)20(23(29)27-25(28)33)13-17-7-12-22(21(26)14-17)32-15-16-5-3-2-4-6-16/h2-14H,15H2,1H3,(H,27,29,33)/b20-13-. The molecule has 1 aliphatic heterocycles. The van der Waals surface area contributed by atoms with E-state index < -0.39 is 11.8 Å². The van der Waals surface area contributed by atoms with Crippen LogP contribution in [0.2, 0.25) is 0 Å². The van der Waals surface area contributed by atoms with Crippen molar-refractivity contribution in [1.82, 2.24) is 5.32 Å². The lowest BCUT2D eigenvalue weighted by atomic mass is 10.1. The van der Waals surface area contributed by atoms with Crippen LogP contribution in [0.5, 0.6) is 11.5 Å². The van der Waals surface area contributed by atoms with Crippen molar-refractivity contribution in [2.24, 2.45) is 0 Å². The highest BCUT2D eigenvalue weighted by atomic mass is 79.9. The third-order valence-corrected chi connectivity index (χ3v) is 5.84. The van der Waals surface area contributed by atoms with Gasteiger partial charge >= 0.3 is 0 Å². The summed E-state index contributed by atoms with van der Waals surface area (Å²) in [6.45, 7) is 0.426. The first-order valence-electron chi connectivity index (χ1n) is 9.98. The summed E-state index contributed by atoms with van der Waals surface area (Å²) < 4.78 is 11.7. The Hall–Kier alpha value is -3.49. The Morgan fingerprint density at radius 2 is 1.76 bits per heavy atom. The largest absolute Gasteiger partial charge is 0.497 e. The van der Waals surface area contributed by atoms with Crippen LogP contribution in [0.15, 0.2) is 82.8 Å². The van der Waals surface area contributed by atoms with Gasteiger partial charge in [0, 0.05) is 0 Å². The summed E-state index contributed by atoms with van der Waals surface area (Å²) in [5.74, 6) is 0.250. The van der Waals surface area contributed by atoms with Crippen molar-refractivity contribution < 1.29 is 19.1 Å². The van der Waals surface area contributed by atoms with E-state index in [9.17, 15) is 9.59 Å². The number of ether oxygens (including phenoxy) is 2. The zero-order chi connectivity index (χ0) is 23.4. The molecule has 4 rings (SSSR count). The van der Waals surface area contributed by atoms with Crippen molar-refractivity contribution in [3.63, 3.8) is 0 Å². The molecule has 1 heterocycles. The normalized spacial score (nSPS) is 14.9. The molecule has 1 aliphatic rings. The average molecular weight is 523 g/mol. The number of nitrogens with one attached hydrogen (secondary N) is 1. The van der Waals surface area contributed by atoms with Gasteiger partial charge in [0.25, 0.3) is 11.8 Å². The highest BCUT2D eigenvalue weighted by molar-refractivity contribution is 9.10. The van der Waals surface area contributed by atoms with Crippen LogP contribution in [0.1, 0.15) is 11.1 Å². The topological polar surface area (TPSA) is 67.9 Å². The summed E-state index contributed by atoms with van der Waals surface area (Å²) >= 11 is 8.74. The zero-order valence-corrected chi connectivity index (χ0v) is 20.0.